The second-order valence-corrected chi connectivity index (χ2v) is 7.32. The standard InChI is InChI=1S/C20H24N2O/c1-14-5-7-17(8-6-14)20(13-19(20,3)4)18(23)22-12-16-9-10-21-11-15(16)2/h5-11H,12-13H2,1-4H3,(H,22,23)/t20-/m0/s1. The van der Waals surface area contributed by atoms with Crippen molar-refractivity contribution < 1.29 is 4.79 Å². The normalized spacial score (nSPS) is 21.7. The highest BCUT2D eigenvalue weighted by Crippen LogP contribution is 2.64. The van der Waals surface area contributed by atoms with Crippen LogP contribution in [-0.4, -0.2) is 10.9 Å². The smallest absolute Gasteiger partial charge is 0.231 e. The minimum absolute atomic E-state index is 0.000368. The minimum atomic E-state index is -0.401. The lowest BCUT2D eigenvalue weighted by atomic mass is 9.86. The number of nitrogens with one attached hydrogen (secondary N) is 1. The van der Waals surface area contributed by atoms with Crippen LogP contribution in [0.5, 0.6) is 0 Å². The number of amides is 1. The van der Waals surface area contributed by atoms with Crippen molar-refractivity contribution in [2.45, 2.75) is 46.1 Å². The maximum atomic E-state index is 13.0. The minimum Gasteiger partial charge on any atom is -0.351 e. The molecule has 120 valence electrons. The maximum Gasteiger partial charge on any atom is 0.231 e. The molecule has 1 aliphatic carbocycles. The highest BCUT2D eigenvalue weighted by atomic mass is 16.2. The third-order valence-corrected chi connectivity index (χ3v) is 5.25. The Morgan fingerprint density at radius 3 is 2.39 bits per heavy atom. The largest absolute Gasteiger partial charge is 0.351 e. The van der Waals surface area contributed by atoms with E-state index < -0.39 is 5.41 Å². The summed E-state index contributed by atoms with van der Waals surface area (Å²) in [6, 6.07) is 10.3. The molecule has 0 spiro atoms. The summed E-state index contributed by atoms with van der Waals surface area (Å²) in [5.74, 6) is 0.127. The number of aromatic nitrogens is 1. The SMILES string of the molecule is Cc1ccc([C@]2(C(=O)NCc3ccncc3C)CC2(C)C)cc1. The molecule has 3 rings (SSSR count). The Bertz CT molecular complexity index is 734. The average molecular weight is 308 g/mol. The zero-order valence-electron chi connectivity index (χ0n) is 14.3. The van der Waals surface area contributed by atoms with Crippen LogP contribution in [0.25, 0.3) is 0 Å². The third kappa shape index (κ3) is 2.65. The van der Waals surface area contributed by atoms with Gasteiger partial charge in [-0.05, 0) is 48.4 Å². The van der Waals surface area contributed by atoms with E-state index in [1.807, 2.05) is 19.2 Å². The van der Waals surface area contributed by atoms with Gasteiger partial charge in [0.1, 0.15) is 0 Å². The Hall–Kier alpha value is -2.16. The van der Waals surface area contributed by atoms with Crippen LogP contribution >= 0.6 is 0 Å². The first-order valence-electron chi connectivity index (χ1n) is 8.12. The van der Waals surface area contributed by atoms with Crippen molar-refractivity contribution in [2.75, 3.05) is 0 Å². The molecule has 3 nitrogen and oxygen atoms in total. The monoisotopic (exact) mass is 308 g/mol. The number of hydrogen-bond donors (Lipinski definition) is 1. The summed E-state index contributed by atoms with van der Waals surface area (Å²) in [5.41, 5.74) is 4.16. The fraction of sp³-hybridized carbons (Fsp3) is 0.400. The summed E-state index contributed by atoms with van der Waals surface area (Å²) in [7, 11) is 0. The molecule has 1 amide bonds. The van der Waals surface area contributed by atoms with Crippen molar-refractivity contribution in [3.05, 3.63) is 65.0 Å². The van der Waals surface area contributed by atoms with Crippen LogP contribution in [-0.2, 0) is 16.8 Å². The first-order valence-corrected chi connectivity index (χ1v) is 8.12. The summed E-state index contributed by atoms with van der Waals surface area (Å²) in [4.78, 5) is 17.1. The number of pyridine rings is 1. The van der Waals surface area contributed by atoms with Gasteiger partial charge in [-0.3, -0.25) is 9.78 Å². The molecule has 0 bridgehead atoms. The van der Waals surface area contributed by atoms with Gasteiger partial charge < -0.3 is 5.32 Å². The molecule has 1 saturated carbocycles. The fourth-order valence-corrected chi connectivity index (χ4v) is 3.50. The van der Waals surface area contributed by atoms with Gasteiger partial charge in [0.15, 0.2) is 0 Å². The van der Waals surface area contributed by atoms with Crippen molar-refractivity contribution in [1.82, 2.24) is 10.3 Å². The Kier molecular flexibility index (Phi) is 3.75. The van der Waals surface area contributed by atoms with Crippen LogP contribution in [0.2, 0.25) is 0 Å². The van der Waals surface area contributed by atoms with Crippen LogP contribution in [0, 0.1) is 19.3 Å². The van der Waals surface area contributed by atoms with Gasteiger partial charge in [0, 0.05) is 18.9 Å². The van der Waals surface area contributed by atoms with Gasteiger partial charge in [-0.15, -0.1) is 0 Å². The first kappa shape index (κ1) is 15.7. The molecule has 0 saturated heterocycles. The van der Waals surface area contributed by atoms with Crippen LogP contribution in [0.4, 0.5) is 0 Å². The van der Waals surface area contributed by atoms with Crippen molar-refractivity contribution in [3.8, 4) is 0 Å². The van der Waals surface area contributed by atoms with Crippen molar-refractivity contribution in [3.63, 3.8) is 0 Å². The van der Waals surface area contributed by atoms with Crippen molar-refractivity contribution in [1.29, 1.82) is 0 Å². The number of benzene rings is 1. The van der Waals surface area contributed by atoms with Gasteiger partial charge in [-0.25, -0.2) is 0 Å². The van der Waals surface area contributed by atoms with Crippen LogP contribution in [0.3, 0.4) is 0 Å². The lowest BCUT2D eigenvalue weighted by Crippen LogP contribution is -2.37. The van der Waals surface area contributed by atoms with E-state index in [-0.39, 0.29) is 11.3 Å². The Morgan fingerprint density at radius 2 is 1.83 bits per heavy atom. The lowest BCUT2D eigenvalue weighted by molar-refractivity contribution is -0.124. The second-order valence-electron chi connectivity index (χ2n) is 7.32. The Balaban J connectivity index is 1.81. The van der Waals surface area contributed by atoms with Gasteiger partial charge >= 0.3 is 0 Å². The molecular formula is C20H24N2O. The van der Waals surface area contributed by atoms with Crippen LogP contribution in [0.1, 0.15) is 42.5 Å². The molecule has 0 unspecified atom stereocenters. The van der Waals surface area contributed by atoms with Gasteiger partial charge in [0.05, 0.1) is 5.41 Å². The van der Waals surface area contributed by atoms with Crippen molar-refractivity contribution >= 4 is 5.91 Å². The Labute approximate surface area is 138 Å². The molecule has 23 heavy (non-hydrogen) atoms. The van der Waals surface area contributed by atoms with Gasteiger partial charge in [-0.1, -0.05) is 43.7 Å². The third-order valence-electron chi connectivity index (χ3n) is 5.25. The average Bonchev–Trinajstić information content (AvgIpc) is 3.11. The van der Waals surface area contributed by atoms with E-state index in [2.05, 4.69) is 55.3 Å². The topological polar surface area (TPSA) is 42.0 Å². The molecule has 1 aliphatic rings. The van der Waals surface area contributed by atoms with E-state index in [0.717, 1.165) is 23.1 Å². The molecule has 2 aromatic rings. The van der Waals surface area contributed by atoms with E-state index in [9.17, 15) is 4.79 Å². The lowest BCUT2D eigenvalue weighted by Gasteiger charge is -2.21. The maximum absolute atomic E-state index is 13.0. The van der Waals surface area contributed by atoms with Crippen LogP contribution in [0.15, 0.2) is 42.7 Å². The molecule has 1 aromatic carbocycles. The number of hydrogen-bond acceptors (Lipinski definition) is 2. The van der Waals surface area contributed by atoms with Crippen molar-refractivity contribution in [2.24, 2.45) is 5.41 Å². The number of nitrogens with zero attached hydrogens (tertiary/aromatic N) is 1. The fourth-order valence-electron chi connectivity index (χ4n) is 3.50. The predicted octanol–water partition coefficient (Wildman–Crippen LogP) is 3.68. The quantitative estimate of drug-likeness (QED) is 0.936. The van der Waals surface area contributed by atoms with Gasteiger partial charge in [0.25, 0.3) is 0 Å². The number of carbonyl (C=O) groups is 1. The summed E-state index contributed by atoms with van der Waals surface area (Å²) >= 11 is 0. The summed E-state index contributed by atoms with van der Waals surface area (Å²) in [5, 5.41) is 3.14. The summed E-state index contributed by atoms with van der Waals surface area (Å²) in [6.07, 6.45) is 4.49. The highest BCUT2D eigenvalue weighted by molar-refractivity contribution is 5.93. The molecule has 1 fully saturated rings. The molecule has 1 N–H and O–H groups in total. The number of aryl methyl sites for hydroxylation is 2. The van der Waals surface area contributed by atoms with E-state index >= 15 is 0 Å². The Morgan fingerprint density at radius 1 is 1.17 bits per heavy atom. The summed E-state index contributed by atoms with van der Waals surface area (Å²) in [6.45, 7) is 8.98. The van der Waals surface area contributed by atoms with Gasteiger partial charge in [0.2, 0.25) is 5.91 Å². The van der Waals surface area contributed by atoms with Gasteiger partial charge in [-0.2, -0.15) is 0 Å². The molecule has 1 aromatic heterocycles. The molecule has 3 heteroatoms. The molecule has 1 heterocycles. The second kappa shape index (κ2) is 5.48. The predicted molar refractivity (Wildman–Crippen MR) is 92.1 cm³/mol. The zero-order valence-corrected chi connectivity index (χ0v) is 14.3. The number of rotatable bonds is 4. The first-order chi connectivity index (χ1) is 10.9. The molecule has 0 aliphatic heterocycles. The summed E-state index contributed by atoms with van der Waals surface area (Å²) < 4.78 is 0. The highest BCUT2D eigenvalue weighted by Gasteiger charge is 2.66. The van der Waals surface area contributed by atoms with E-state index in [1.165, 1.54) is 5.56 Å². The zero-order chi connectivity index (χ0) is 16.7. The molecule has 0 radical (unpaired) electrons. The number of carbonyl (C=O) groups excluding carboxylic acids is 1. The van der Waals surface area contributed by atoms with E-state index in [1.54, 1.807) is 6.20 Å². The van der Waals surface area contributed by atoms with Crippen LogP contribution < -0.4 is 5.32 Å². The van der Waals surface area contributed by atoms with E-state index in [4.69, 9.17) is 0 Å². The molecular weight excluding hydrogens is 284 g/mol. The molecule has 1 atom stereocenters. The van der Waals surface area contributed by atoms with E-state index in [0.29, 0.717) is 6.54 Å².